The second-order valence-electron chi connectivity index (χ2n) is 7.28. The van der Waals surface area contributed by atoms with Gasteiger partial charge in [0.15, 0.2) is 5.79 Å². The van der Waals surface area contributed by atoms with Crippen molar-refractivity contribution in [2.75, 3.05) is 13.1 Å². The molecule has 2 fully saturated rings. The molecule has 2 aliphatic heterocycles. The molecule has 0 amide bonds. The summed E-state index contributed by atoms with van der Waals surface area (Å²) in [5.74, 6) is 2.19. The van der Waals surface area contributed by atoms with Gasteiger partial charge >= 0.3 is 0 Å². The maximum Gasteiger partial charge on any atom is 0.165 e. The molecule has 2 rings (SSSR count). The van der Waals surface area contributed by atoms with Crippen molar-refractivity contribution in [2.24, 2.45) is 0 Å². The molecule has 2 aliphatic rings. The molecular formula is C15H27NO2Si. The first-order valence-corrected chi connectivity index (χ1v) is 10.9. The fourth-order valence-corrected chi connectivity index (χ4v) is 5.77. The largest absolute Gasteiger partial charge is 0.342 e. The zero-order valence-electron chi connectivity index (χ0n) is 12.9. The Balaban J connectivity index is 2.03. The Kier molecular flexibility index (Phi) is 4.13. The van der Waals surface area contributed by atoms with E-state index >= 15 is 0 Å². The van der Waals surface area contributed by atoms with Crippen LogP contribution in [-0.4, -0.2) is 49.7 Å². The van der Waals surface area contributed by atoms with Crippen LogP contribution >= 0.6 is 0 Å². The number of nitrogens with zero attached hydrogens (tertiary/aromatic N) is 1. The second kappa shape index (κ2) is 5.21. The molecule has 0 aromatic rings. The Morgan fingerprint density at radius 1 is 1.32 bits per heavy atom. The zero-order chi connectivity index (χ0) is 14.3. The summed E-state index contributed by atoms with van der Waals surface area (Å²) < 4.78 is 11.8. The van der Waals surface area contributed by atoms with Crippen molar-refractivity contribution < 1.29 is 9.47 Å². The lowest BCUT2D eigenvalue weighted by atomic mass is 10.2. The predicted molar refractivity (Wildman–Crippen MR) is 80.6 cm³/mol. The van der Waals surface area contributed by atoms with Gasteiger partial charge < -0.3 is 14.4 Å². The van der Waals surface area contributed by atoms with E-state index in [-0.39, 0.29) is 12.2 Å². The van der Waals surface area contributed by atoms with Crippen molar-refractivity contribution in [1.29, 1.82) is 0 Å². The van der Waals surface area contributed by atoms with E-state index in [0.29, 0.717) is 0 Å². The van der Waals surface area contributed by atoms with Crippen LogP contribution in [0.4, 0.5) is 0 Å². The van der Waals surface area contributed by atoms with E-state index in [1.54, 1.807) is 0 Å². The molecule has 19 heavy (non-hydrogen) atoms. The first-order valence-electron chi connectivity index (χ1n) is 7.29. The van der Waals surface area contributed by atoms with Gasteiger partial charge in [-0.15, -0.1) is 6.42 Å². The SMILES string of the molecule is C#C[C@@H]1OC(C)(C)O[C@H]1CN1CCCC1[Si](C)(C)C. The zero-order valence-corrected chi connectivity index (χ0v) is 13.9. The third-order valence-corrected chi connectivity index (χ3v) is 6.78. The van der Waals surface area contributed by atoms with Gasteiger partial charge in [-0.2, -0.15) is 0 Å². The van der Waals surface area contributed by atoms with E-state index in [0.717, 1.165) is 12.2 Å². The molecule has 0 aliphatic carbocycles. The molecule has 3 nitrogen and oxygen atoms in total. The summed E-state index contributed by atoms with van der Waals surface area (Å²) in [7, 11) is -1.15. The van der Waals surface area contributed by atoms with Crippen LogP contribution in [0.15, 0.2) is 0 Å². The smallest absolute Gasteiger partial charge is 0.165 e. The summed E-state index contributed by atoms with van der Waals surface area (Å²) in [5.41, 5.74) is 0.748. The van der Waals surface area contributed by atoms with Crippen LogP contribution in [0, 0.1) is 12.3 Å². The molecule has 0 saturated carbocycles. The molecule has 0 N–H and O–H groups in total. The van der Waals surface area contributed by atoms with Gasteiger partial charge in [0.25, 0.3) is 0 Å². The highest BCUT2D eigenvalue weighted by atomic mass is 28.3. The Bertz CT molecular complexity index is 369. The van der Waals surface area contributed by atoms with E-state index < -0.39 is 13.9 Å². The van der Waals surface area contributed by atoms with Crippen LogP contribution in [0.2, 0.25) is 19.6 Å². The van der Waals surface area contributed by atoms with Crippen molar-refractivity contribution in [3.05, 3.63) is 0 Å². The quantitative estimate of drug-likeness (QED) is 0.586. The summed E-state index contributed by atoms with van der Waals surface area (Å²) in [6.07, 6.45) is 8.00. The fourth-order valence-electron chi connectivity index (χ4n) is 3.37. The van der Waals surface area contributed by atoms with Gasteiger partial charge in [0, 0.05) is 12.2 Å². The van der Waals surface area contributed by atoms with Crippen LogP contribution in [0.3, 0.4) is 0 Å². The number of rotatable bonds is 3. The summed E-state index contributed by atoms with van der Waals surface area (Å²) in [4.78, 5) is 2.59. The molecule has 108 valence electrons. The average Bonchev–Trinajstić information content (AvgIpc) is 2.82. The molecule has 0 bridgehead atoms. The number of hydrogen-bond donors (Lipinski definition) is 0. The lowest BCUT2D eigenvalue weighted by Crippen LogP contribution is -2.50. The Labute approximate surface area is 118 Å². The van der Waals surface area contributed by atoms with Gasteiger partial charge in [-0.1, -0.05) is 25.6 Å². The summed E-state index contributed by atoms with van der Waals surface area (Å²) >= 11 is 0. The van der Waals surface area contributed by atoms with Gasteiger partial charge in [-0.05, 0) is 33.2 Å². The molecule has 0 radical (unpaired) electrons. The molecule has 0 aromatic carbocycles. The third kappa shape index (κ3) is 3.40. The van der Waals surface area contributed by atoms with Crippen LogP contribution < -0.4 is 0 Å². The molecule has 1 unspecified atom stereocenters. The molecule has 0 spiro atoms. The highest BCUT2D eigenvalue weighted by Gasteiger charge is 2.44. The standard InChI is InChI=1S/C15H27NO2Si/c1-7-12-13(18-15(2,3)17-12)11-16-10-8-9-14(16)19(4,5)6/h1,12-14H,8-11H2,2-6H3/t12-,13-,14?/m0/s1. The second-order valence-corrected chi connectivity index (χ2v) is 12.7. The number of likely N-dealkylation sites (tertiary alicyclic amines) is 1. The number of ether oxygens (including phenoxy) is 2. The number of hydrogen-bond acceptors (Lipinski definition) is 3. The first-order chi connectivity index (χ1) is 8.73. The maximum absolute atomic E-state index is 5.98. The highest BCUT2D eigenvalue weighted by Crippen LogP contribution is 2.32. The highest BCUT2D eigenvalue weighted by molar-refractivity contribution is 6.77. The minimum absolute atomic E-state index is 0.0111. The van der Waals surface area contributed by atoms with Crippen LogP contribution in [0.5, 0.6) is 0 Å². The fraction of sp³-hybridized carbons (Fsp3) is 0.867. The average molecular weight is 281 g/mol. The lowest BCUT2D eigenvalue weighted by molar-refractivity contribution is -0.144. The van der Waals surface area contributed by atoms with Crippen molar-refractivity contribution in [2.45, 2.75) is 70.0 Å². The monoisotopic (exact) mass is 281 g/mol. The van der Waals surface area contributed by atoms with Gasteiger partial charge in [-0.3, -0.25) is 0 Å². The van der Waals surface area contributed by atoms with Crippen molar-refractivity contribution >= 4 is 8.07 Å². The Morgan fingerprint density at radius 3 is 2.58 bits per heavy atom. The Hall–Kier alpha value is -0.343. The normalized spacial score (nSPS) is 35.5. The minimum atomic E-state index is -1.15. The topological polar surface area (TPSA) is 21.7 Å². The molecular weight excluding hydrogens is 254 g/mol. The predicted octanol–water partition coefficient (Wildman–Crippen LogP) is 2.48. The maximum atomic E-state index is 5.98. The summed E-state index contributed by atoms with van der Waals surface area (Å²) in [6, 6.07) is 0. The van der Waals surface area contributed by atoms with Crippen LogP contribution in [0.25, 0.3) is 0 Å². The van der Waals surface area contributed by atoms with E-state index in [9.17, 15) is 0 Å². The van der Waals surface area contributed by atoms with E-state index in [1.165, 1.54) is 19.4 Å². The Morgan fingerprint density at radius 2 is 2.00 bits per heavy atom. The van der Waals surface area contributed by atoms with E-state index in [2.05, 4.69) is 30.5 Å². The van der Waals surface area contributed by atoms with Crippen LogP contribution in [-0.2, 0) is 9.47 Å². The molecule has 0 aromatic heterocycles. The molecule has 3 atom stereocenters. The van der Waals surface area contributed by atoms with Gasteiger partial charge in [0.1, 0.15) is 12.2 Å². The van der Waals surface area contributed by atoms with Gasteiger partial charge in [0.2, 0.25) is 0 Å². The molecule has 2 saturated heterocycles. The molecule has 2 heterocycles. The van der Waals surface area contributed by atoms with Crippen LogP contribution in [0.1, 0.15) is 26.7 Å². The molecule has 4 heteroatoms. The van der Waals surface area contributed by atoms with Crippen molar-refractivity contribution in [1.82, 2.24) is 4.90 Å². The summed E-state index contributed by atoms with van der Waals surface area (Å²) in [6.45, 7) is 13.3. The number of terminal acetylenes is 1. The first kappa shape index (κ1) is 15.1. The van der Waals surface area contributed by atoms with Gasteiger partial charge in [-0.25, -0.2) is 0 Å². The minimum Gasteiger partial charge on any atom is -0.342 e. The summed E-state index contributed by atoms with van der Waals surface area (Å²) in [5, 5.41) is 0. The third-order valence-electron chi connectivity index (χ3n) is 4.13. The van der Waals surface area contributed by atoms with Crippen molar-refractivity contribution in [3.63, 3.8) is 0 Å². The van der Waals surface area contributed by atoms with Crippen molar-refractivity contribution in [3.8, 4) is 12.3 Å². The van der Waals surface area contributed by atoms with Gasteiger partial charge in [0.05, 0.1) is 8.07 Å². The van der Waals surface area contributed by atoms with E-state index in [1.807, 2.05) is 13.8 Å². The van der Waals surface area contributed by atoms with E-state index in [4.69, 9.17) is 15.9 Å². The lowest BCUT2D eigenvalue weighted by Gasteiger charge is -2.35.